The summed E-state index contributed by atoms with van der Waals surface area (Å²) >= 11 is 0. The van der Waals surface area contributed by atoms with E-state index in [1.54, 1.807) is 24.3 Å². The first-order chi connectivity index (χ1) is 10.7. The summed E-state index contributed by atoms with van der Waals surface area (Å²) in [5.74, 6) is -1.29. The number of para-hydroxylation sites is 1. The molecule has 2 aromatic rings. The molecule has 1 heterocycles. The van der Waals surface area contributed by atoms with Crippen LogP contribution in [0, 0.1) is 11.6 Å². The summed E-state index contributed by atoms with van der Waals surface area (Å²) in [6.45, 7) is 3.21. The normalized spacial score (nSPS) is 17.4. The molecule has 1 aliphatic heterocycles. The molecule has 0 aromatic heterocycles. The van der Waals surface area contributed by atoms with Gasteiger partial charge in [0.2, 0.25) is 0 Å². The Morgan fingerprint density at radius 1 is 1.00 bits per heavy atom. The third-order valence-corrected chi connectivity index (χ3v) is 4.02. The fraction of sp³-hybridized carbons (Fsp3) is 0.294. The van der Waals surface area contributed by atoms with Crippen molar-refractivity contribution in [1.29, 1.82) is 0 Å². The first-order valence-corrected chi connectivity index (χ1v) is 7.34. The summed E-state index contributed by atoms with van der Waals surface area (Å²) in [5.41, 5.74) is 1.35. The minimum atomic E-state index is -0.639. The highest BCUT2D eigenvalue weighted by Crippen LogP contribution is 2.35. The second-order valence-corrected chi connectivity index (χ2v) is 5.42. The third kappa shape index (κ3) is 2.96. The van der Waals surface area contributed by atoms with E-state index < -0.39 is 5.82 Å². The number of nitrogens with one attached hydrogen (secondary N) is 1. The maximum Gasteiger partial charge on any atom is 0.165 e. The van der Waals surface area contributed by atoms with Crippen LogP contribution in [-0.4, -0.2) is 36.2 Å². The molecule has 3 rings (SSSR count). The predicted molar refractivity (Wildman–Crippen MR) is 80.8 cm³/mol. The zero-order valence-electron chi connectivity index (χ0n) is 12.1. The number of rotatable bonds is 3. The SMILES string of the molecule is Oc1c(F)cccc1C(c1ccc(F)cc1)N1CCNCC1. The molecule has 2 N–H and O–H groups in total. The van der Waals surface area contributed by atoms with Crippen LogP contribution in [-0.2, 0) is 0 Å². The van der Waals surface area contributed by atoms with Gasteiger partial charge in [-0.3, -0.25) is 4.90 Å². The number of phenols is 1. The van der Waals surface area contributed by atoms with Crippen LogP contribution in [0.1, 0.15) is 17.2 Å². The number of nitrogens with zero attached hydrogens (tertiary/aromatic N) is 1. The molecule has 0 radical (unpaired) electrons. The quantitative estimate of drug-likeness (QED) is 0.915. The maximum atomic E-state index is 13.7. The van der Waals surface area contributed by atoms with E-state index in [0.717, 1.165) is 31.7 Å². The van der Waals surface area contributed by atoms with Crippen LogP contribution < -0.4 is 5.32 Å². The second-order valence-electron chi connectivity index (χ2n) is 5.42. The first kappa shape index (κ1) is 14.9. The highest BCUT2D eigenvalue weighted by atomic mass is 19.1. The molecule has 0 aliphatic carbocycles. The smallest absolute Gasteiger partial charge is 0.165 e. The Morgan fingerprint density at radius 2 is 1.68 bits per heavy atom. The average Bonchev–Trinajstić information content (AvgIpc) is 2.54. The van der Waals surface area contributed by atoms with Crippen molar-refractivity contribution in [2.75, 3.05) is 26.2 Å². The van der Waals surface area contributed by atoms with Gasteiger partial charge >= 0.3 is 0 Å². The van der Waals surface area contributed by atoms with Crippen LogP contribution in [0.2, 0.25) is 0 Å². The number of halogens is 2. The number of phenolic OH excluding ortho intramolecular Hbond substituents is 1. The fourth-order valence-electron chi connectivity index (χ4n) is 2.93. The van der Waals surface area contributed by atoms with E-state index in [1.165, 1.54) is 18.2 Å². The van der Waals surface area contributed by atoms with Crippen molar-refractivity contribution in [2.45, 2.75) is 6.04 Å². The number of aromatic hydroxyl groups is 1. The Morgan fingerprint density at radius 3 is 2.36 bits per heavy atom. The number of benzene rings is 2. The van der Waals surface area contributed by atoms with Crippen LogP contribution >= 0.6 is 0 Å². The number of piperazine rings is 1. The molecule has 3 nitrogen and oxygen atoms in total. The van der Waals surface area contributed by atoms with E-state index in [4.69, 9.17) is 0 Å². The van der Waals surface area contributed by atoms with Crippen molar-refractivity contribution in [3.63, 3.8) is 0 Å². The van der Waals surface area contributed by atoms with Gasteiger partial charge in [0, 0.05) is 31.7 Å². The van der Waals surface area contributed by atoms with Crippen LogP contribution in [0.5, 0.6) is 5.75 Å². The van der Waals surface area contributed by atoms with Crippen molar-refractivity contribution in [3.8, 4) is 5.75 Å². The predicted octanol–water partition coefficient (Wildman–Crippen LogP) is 2.67. The molecule has 1 atom stereocenters. The van der Waals surface area contributed by atoms with Gasteiger partial charge in [0.1, 0.15) is 5.82 Å². The van der Waals surface area contributed by atoms with Crippen molar-refractivity contribution >= 4 is 0 Å². The van der Waals surface area contributed by atoms with Gasteiger partial charge in [0.05, 0.1) is 6.04 Å². The standard InChI is InChI=1S/C17H18F2N2O/c18-13-6-4-12(5-7-13)16(21-10-8-20-9-11-21)14-2-1-3-15(19)17(14)22/h1-7,16,20,22H,8-11H2. The Bertz CT molecular complexity index is 640. The fourth-order valence-corrected chi connectivity index (χ4v) is 2.93. The van der Waals surface area contributed by atoms with E-state index >= 15 is 0 Å². The monoisotopic (exact) mass is 304 g/mol. The van der Waals surface area contributed by atoms with E-state index in [2.05, 4.69) is 10.2 Å². The minimum Gasteiger partial charge on any atom is -0.505 e. The molecule has 5 heteroatoms. The van der Waals surface area contributed by atoms with Crippen LogP contribution in [0.3, 0.4) is 0 Å². The third-order valence-electron chi connectivity index (χ3n) is 4.02. The highest BCUT2D eigenvalue weighted by Gasteiger charge is 2.27. The molecule has 1 aliphatic rings. The van der Waals surface area contributed by atoms with Crippen molar-refractivity contribution in [1.82, 2.24) is 10.2 Å². The molecule has 0 amide bonds. The van der Waals surface area contributed by atoms with Gasteiger partial charge in [-0.15, -0.1) is 0 Å². The lowest BCUT2D eigenvalue weighted by atomic mass is 9.95. The molecule has 22 heavy (non-hydrogen) atoms. The lowest BCUT2D eigenvalue weighted by molar-refractivity contribution is 0.195. The lowest BCUT2D eigenvalue weighted by Gasteiger charge is -2.35. The van der Waals surface area contributed by atoms with Gasteiger partial charge in [-0.1, -0.05) is 24.3 Å². The number of hydrogen-bond donors (Lipinski definition) is 2. The Balaban J connectivity index is 2.05. The van der Waals surface area contributed by atoms with E-state index in [0.29, 0.717) is 5.56 Å². The Hall–Kier alpha value is -1.98. The average molecular weight is 304 g/mol. The zero-order valence-corrected chi connectivity index (χ0v) is 12.1. The molecule has 2 aromatic carbocycles. The van der Waals surface area contributed by atoms with Gasteiger partial charge in [-0.05, 0) is 23.8 Å². The number of hydrogen-bond acceptors (Lipinski definition) is 3. The summed E-state index contributed by atoms with van der Waals surface area (Å²) in [5, 5.41) is 13.4. The summed E-state index contributed by atoms with van der Waals surface area (Å²) in [7, 11) is 0. The van der Waals surface area contributed by atoms with Gasteiger partial charge < -0.3 is 10.4 Å². The zero-order chi connectivity index (χ0) is 15.5. The molecule has 1 fully saturated rings. The second kappa shape index (κ2) is 6.42. The van der Waals surface area contributed by atoms with Gasteiger partial charge in [-0.25, -0.2) is 8.78 Å². The minimum absolute atomic E-state index is 0.293. The summed E-state index contributed by atoms with van der Waals surface area (Å²) in [6.07, 6.45) is 0. The van der Waals surface area contributed by atoms with E-state index in [9.17, 15) is 13.9 Å². The summed E-state index contributed by atoms with van der Waals surface area (Å²) < 4.78 is 27.0. The van der Waals surface area contributed by atoms with Gasteiger partial charge in [0.15, 0.2) is 11.6 Å². The van der Waals surface area contributed by atoms with Crippen LogP contribution in [0.15, 0.2) is 42.5 Å². The van der Waals surface area contributed by atoms with E-state index in [1.807, 2.05) is 0 Å². The van der Waals surface area contributed by atoms with Crippen LogP contribution in [0.4, 0.5) is 8.78 Å². The van der Waals surface area contributed by atoms with Crippen LogP contribution in [0.25, 0.3) is 0 Å². The molecular formula is C17H18F2N2O. The molecule has 0 saturated carbocycles. The molecule has 1 saturated heterocycles. The highest BCUT2D eigenvalue weighted by molar-refractivity contribution is 5.42. The maximum absolute atomic E-state index is 13.7. The van der Waals surface area contributed by atoms with Crippen molar-refractivity contribution < 1.29 is 13.9 Å². The largest absolute Gasteiger partial charge is 0.505 e. The molecule has 0 bridgehead atoms. The topological polar surface area (TPSA) is 35.5 Å². The Kier molecular flexibility index (Phi) is 4.36. The molecule has 116 valence electrons. The summed E-state index contributed by atoms with van der Waals surface area (Å²) in [4.78, 5) is 2.16. The van der Waals surface area contributed by atoms with Gasteiger partial charge in [-0.2, -0.15) is 0 Å². The van der Waals surface area contributed by atoms with E-state index in [-0.39, 0.29) is 17.6 Å². The van der Waals surface area contributed by atoms with Crippen molar-refractivity contribution in [3.05, 3.63) is 65.2 Å². The molecule has 1 unspecified atom stereocenters. The molecule has 0 spiro atoms. The first-order valence-electron chi connectivity index (χ1n) is 7.34. The molecular weight excluding hydrogens is 286 g/mol. The van der Waals surface area contributed by atoms with Gasteiger partial charge in [0.25, 0.3) is 0 Å². The Labute approximate surface area is 128 Å². The lowest BCUT2D eigenvalue weighted by Crippen LogP contribution is -2.45. The summed E-state index contributed by atoms with van der Waals surface area (Å²) in [6, 6.07) is 10.4. The van der Waals surface area contributed by atoms with Crippen molar-refractivity contribution in [2.24, 2.45) is 0 Å².